The second-order valence-corrected chi connectivity index (χ2v) is 5.16. The molecule has 0 fully saturated rings. The first-order valence-electron chi connectivity index (χ1n) is 5.02. The molecule has 0 aliphatic heterocycles. The van der Waals surface area contributed by atoms with Gasteiger partial charge in [-0.3, -0.25) is 0 Å². The van der Waals surface area contributed by atoms with Crippen molar-refractivity contribution in [3.8, 4) is 11.1 Å². The summed E-state index contributed by atoms with van der Waals surface area (Å²) in [5, 5.41) is 0.834. The molecule has 0 aliphatic rings. The highest BCUT2D eigenvalue weighted by atomic mass is 35.5. The molecule has 0 amide bonds. The molecule has 0 saturated heterocycles. The van der Waals surface area contributed by atoms with E-state index in [1.807, 2.05) is 0 Å². The molecule has 0 radical (unpaired) electrons. The maximum atomic E-state index is 13.8. The summed E-state index contributed by atoms with van der Waals surface area (Å²) < 4.78 is 13.8. The first-order chi connectivity index (χ1) is 8.52. The lowest BCUT2D eigenvalue weighted by molar-refractivity contribution is 0.631. The summed E-state index contributed by atoms with van der Waals surface area (Å²) in [7, 11) is 0. The average molecular weight is 324 g/mol. The Balaban J connectivity index is 2.61. The quantitative estimate of drug-likeness (QED) is 0.456. The van der Waals surface area contributed by atoms with Crippen LogP contribution in [0.1, 0.15) is 5.56 Å². The van der Waals surface area contributed by atoms with Crippen LogP contribution in [0.15, 0.2) is 30.3 Å². The largest absolute Gasteiger partial charge is 0.206 e. The lowest BCUT2D eigenvalue weighted by Crippen LogP contribution is -1.88. The van der Waals surface area contributed by atoms with Crippen LogP contribution in [-0.2, 0) is 5.88 Å². The molecule has 18 heavy (non-hydrogen) atoms. The lowest BCUT2D eigenvalue weighted by Gasteiger charge is -2.08. The van der Waals surface area contributed by atoms with Gasteiger partial charge in [0.2, 0.25) is 0 Å². The van der Waals surface area contributed by atoms with Crippen molar-refractivity contribution in [3.05, 3.63) is 56.8 Å². The first kappa shape index (κ1) is 14.0. The van der Waals surface area contributed by atoms with Gasteiger partial charge < -0.3 is 0 Å². The standard InChI is InChI=1S/C13H7Cl4F/c14-6-7-1-2-12(18)9(3-7)8-4-10(15)13(17)11(16)5-8/h1-5H,6H2. The van der Waals surface area contributed by atoms with Crippen LogP contribution < -0.4 is 0 Å². The van der Waals surface area contributed by atoms with E-state index in [1.54, 1.807) is 24.3 Å². The Morgan fingerprint density at radius 1 is 0.944 bits per heavy atom. The van der Waals surface area contributed by atoms with Gasteiger partial charge in [0.15, 0.2) is 0 Å². The molecular weight excluding hydrogens is 317 g/mol. The molecule has 0 spiro atoms. The second kappa shape index (κ2) is 5.66. The van der Waals surface area contributed by atoms with E-state index in [0.29, 0.717) is 17.0 Å². The second-order valence-electron chi connectivity index (χ2n) is 3.70. The zero-order chi connectivity index (χ0) is 13.3. The van der Waals surface area contributed by atoms with Gasteiger partial charge in [-0.2, -0.15) is 0 Å². The van der Waals surface area contributed by atoms with Crippen LogP contribution in [0.25, 0.3) is 11.1 Å². The van der Waals surface area contributed by atoms with Gasteiger partial charge in [-0.05, 0) is 35.4 Å². The topological polar surface area (TPSA) is 0 Å². The van der Waals surface area contributed by atoms with Crippen molar-refractivity contribution < 1.29 is 4.39 Å². The molecule has 0 bridgehead atoms. The maximum absolute atomic E-state index is 13.8. The Labute approximate surface area is 124 Å². The summed E-state index contributed by atoms with van der Waals surface area (Å²) in [4.78, 5) is 0. The maximum Gasteiger partial charge on any atom is 0.131 e. The van der Waals surface area contributed by atoms with Crippen LogP contribution in [0.4, 0.5) is 4.39 Å². The molecule has 2 rings (SSSR count). The number of halogens is 5. The molecule has 0 unspecified atom stereocenters. The predicted octanol–water partition coefficient (Wildman–Crippen LogP) is 6.19. The van der Waals surface area contributed by atoms with E-state index in [-0.39, 0.29) is 20.9 Å². The Kier molecular flexibility index (Phi) is 4.39. The van der Waals surface area contributed by atoms with Gasteiger partial charge in [-0.25, -0.2) is 4.39 Å². The average Bonchev–Trinajstić information content (AvgIpc) is 2.36. The highest BCUT2D eigenvalue weighted by molar-refractivity contribution is 6.48. The van der Waals surface area contributed by atoms with Crippen molar-refractivity contribution in [3.63, 3.8) is 0 Å². The van der Waals surface area contributed by atoms with E-state index in [0.717, 1.165) is 5.56 Å². The van der Waals surface area contributed by atoms with Crippen LogP contribution in [0.3, 0.4) is 0 Å². The molecule has 2 aromatic carbocycles. The van der Waals surface area contributed by atoms with Crippen molar-refractivity contribution >= 4 is 46.4 Å². The van der Waals surface area contributed by atoms with E-state index >= 15 is 0 Å². The molecule has 2 aromatic rings. The van der Waals surface area contributed by atoms with Crippen molar-refractivity contribution in [1.29, 1.82) is 0 Å². The molecule has 0 saturated carbocycles. The van der Waals surface area contributed by atoms with Crippen molar-refractivity contribution in [2.45, 2.75) is 5.88 Å². The summed E-state index contributed by atoms with van der Waals surface area (Å²) in [6.07, 6.45) is 0. The third-order valence-electron chi connectivity index (χ3n) is 2.48. The minimum absolute atomic E-state index is 0.260. The molecule has 5 heteroatoms. The zero-order valence-electron chi connectivity index (χ0n) is 8.98. The zero-order valence-corrected chi connectivity index (χ0v) is 12.0. The molecule has 0 nitrogen and oxygen atoms in total. The Bertz CT molecular complexity index is 573. The fourth-order valence-electron chi connectivity index (χ4n) is 1.59. The summed E-state index contributed by atoms with van der Waals surface area (Å²) in [6.45, 7) is 0. The lowest BCUT2D eigenvalue weighted by atomic mass is 10.0. The smallest absolute Gasteiger partial charge is 0.131 e. The monoisotopic (exact) mass is 322 g/mol. The number of rotatable bonds is 2. The third-order valence-corrected chi connectivity index (χ3v) is 3.99. The highest BCUT2D eigenvalue weighted by Crippen LogP contribution is 2.36. The number of benzene rings is 2. The van der Waals surface area contributed by atoms with Crippen molar-refractivity contribution in [1.82, 2.24) is 0 Å². The van der Waals surface area contributed by atoms with Gasteiger partial charge in [0.1, 0.15) is 5.82 Å². The number of hydrogen-bond acceptors (Lipinski definition) is 0. The predicted molar refractivity (Wildman–Crippen MR) is 76.4 cm³/mol. The number of hydrogen-bond donors (Lipinski definition) is 0. The molecule has 94 valence electrons. The fraction of sp³-hybridized carbons (Fsp3) is 0.0769. The van der Waals surface area contributed by atoms with Crippen LogP contribution in [0.2, 0.25) is 15.1 Å². The molecule has 0 aliphatic carbocycles. The third kappa shape index (κ3) is 2.75. The molecular formula is C13H7Cl4F. The summed E-state index contributed by atoms with van der Waals surface area (Å²) in [5.74, 6) is -0.0548. The minimum Gasteiger partial charge on any atom is -0.206 e. The van der Waals surface area contributed by atoms with Crippen LogP contribution in [0.5, 0.6) is 0 Å². The Morgan fingerprint density at radius 3 is 2.11 bits per heavy atom. The minimum atomic E-state index is -0.363. The van der Waals surface area contributed by atoms with E-state index in [2.05, 4.69) is 0 Å². The van der Waals surface area contributed by atoms with Crippen molar-refractivity contribution in [2.75, 3.05) is 0 Å². The highest BCUT2D eigenvalue weighted by Gasteiger charge is 2.11. The Hall–Kier alpha value is -0.470. The SMILES string of the molecule is Fc1ccc(CCl)cc1-c1cc(Cl)c(Cl)c(Cl)c1. The van der Waals surface area contributed by atoms with Gasteiger partial charge in [0.05, 0.1) is 15.1 Å². The molecule has 0 atom stereocenters. The summed E-state index contributed by atoms with van der Waals surface area (Å²) >= 11 is 23.4. The summed E-state index contributed by atoms with van der Waals surface area (Å²) in [5.41, 5.74) is 1.78. The van der Waals surface area contributed by atoms with E-state index < -0.39 is 0 Å². The first-order valence-corrected chi connectivity index (χ1v) is 6.69. The fourth-order valence-corrected chi connectivity index (χ4v) is 2.35. The molecule has 0 heterocycles. The van der Waals surface area contributed by atoms with Gasteiger partial charge in [0.25, 0.3) is 0 Å². The van der Waals surface area contributed by atoms with Crippen LogP contribution in [-0.4, -0.2) is 0 Å². The molecule has 0 aromatic heterocycles. The van der Waals surface area contributed by atoms with Crippen LogP contribution >= 0.6 is 46.4 Å². The van der Waals surface area contributed by atoms with Gasteiger partial charge in [-0.15, -0.1) is 11.6 Å². The molecule has 0 N–H and O–H groups in total. The van der Waals surface area contributed by atoms with E-state index in [1.165, 1.54) is 6.07 Å². The van der Waals surface area contributed by atoms with E-state index in [4.69, 9.17) is 46.4 Å². The summed E-state index contributed by atoms with van der Waals surface area (Å²) in [6, 6.07) is 7.81. The van der Waals surface area contributed by atoms with Gasteiger partial charge in [-0.1, -0.05) is 40.9 Å². The Morgan fingerprint density at radius 2 is 1.56 bits per heavy atom. The van der Waals surface area contributed by atoms with Crippen molar-refractivity contribution in [2.24, 2.45) is 0 Å². The van der Waals surface area contributed by atoms with Gasteiger partial charge in [0, 0.05) is 11.4 Å². The van der Waals surface area contributed by atoms with Gasteiger partial charge >= 0.3 is 0 Å². The van der Waals surface area contributed by atoms with E-state index in [9.17, 15) is 4.39 Å². The normalized spacial score (nSPS) is 10.7. The number of alkyl halides is 1. The van der Waals surface area contributed by atoms with Crippen LogP contribution in [0, 0.1) is 5.82 Å².